The van der Waals surface area contributed by atoms with E-state index in [1.165, 1.54) is 18.4 Å². The van der Waals surface area contributed by atoms with Crippen LogP contribution < -0.4 is 16.0 Å². The molecule has 1 aromatic carbocycles. The first-order valence-electron chi connectivity index (χ1n) is 7.55. The van der Waals surface area contributed by atoms with Gasteiger partial charge < -0.3 is 16.0 Å². The summed E-state index contributed by atoms with van der Waals surface area (Å²) in [5.74, 6) is 0.0331. The van der Waals surface area contributed by atoms with E-state index in [1.54, 1.807) is 0 Å². The summed E-state index contributed by atoms with van der Waals surface area (Å²) in [5.41, 5.74) is 2.20. The minimum atomic E-state index is -0.147. The highest BCUT2D eigenvalue weighted by molar-refractivity contribution is 5.95. The van der Waals surface area contributed by atoms with Crippen LogP contribution in [0.3, 0.4) is 0 Å². The van der Waals surface area contributed by atoms with E-state index in [2.05, 4.69) is 41.9 Å². The summed E-state index contributed by atoms with van der Waals surface area (Å²) in [7, 11) is 0. The summed E-state index contributed by atoms with van der Waals surface area (Å²) < 4.78 is 0. The van der Waals surface area contributed by atoms with Gasteiger partial charge in [-0.15, -0.1) is 0 Å². The van der Waals surface area contributed by atoms with Crippen LogP contribution in [-0.2, 0) is 11.2 Å². The second-order valence-corrected chi connectivity index (χ2v) is 5.56. The normalized spacial score (nSPS) is 22.5. The first-order chi connectivity index (χ1) is 9.69. The van der Waals surface area contributed by atoms with E-state index >= 15 is 0 Å². The van der Waals surface area contributed by atoms with Gasteiger partial charge in [0.1, 0.15) is 0 Å². The molecule has 4 nitrogen and oxygen atoms in total. The molecule has 0 aromatic heterocycles. The molecular formula is C16H25N3O. The lowest BCUT2D eigenvalue weighted by Crippen LogP contribution is -2.57. The van der Waals surface area contributed by atoms with Gasteiger partial charge in [-0.25, -0.2) is 0 Å². The van der Waals surface area contributed by atoms with Gasteiger partial charge in [-0.1, -0.05) is 25.5 Å². The summed E-state index contributed by atoms with van der Waals surface area (Å²) in [5, 5.41) is 9.53. The van der Waals surface area contributed by atoms with Crippen LogP contribution in [0.4, 0.5) is 5.69 Å². The van der Waals surface area contributed by atoms with Crippen LogP contribution in [0, 0.1) is 0 Å². The Morgan fingerprint density at radius 3 is 2.60 bits per heavy atom. The van der Waals surface area contributed by atoms with Crippen molar-refractivity contribution in [3.05, 3.63) is 29.8 Å². The summed E-state index contributed by atoms with van der Waals surface area (Å²) in [4.78, 5) is 12.1. The van der Waals surface area contributed by atoms with E-state index in [0.29, 0.717) is 12.6 Å². The molecule has 1 amide bonds. The SMILES string of the molecule is CCCCc1ccc(NC(=O)C2CNC(C)CN2)cc1. The topological polar surface area (TPSA) is 53.2 Å². The lowest BCUT2D eigenvalue weighted by atomic mass is 10.1. The van der Waals surface area contributed by atoms with E-state index in [4.69, 9.17) is 0 Å². The van der Waals surface area contributed by atoms with Crippen molar-refractivity contribution >= 4 is 11.6 Å². The molecule has 0 bridgehead atoms. The number of aryl methyl sites for hydroxylation is 1. The van der Waals surface area contributed by atoms with Gasteiger partial charge in [0.2, 0.25) is 5.91 Å². The quantitative estimate of drug-likeness (QED) is 0.769. The molecule has 1 aromatic rings. The van der Waals surface area contributed by atoms with Crippen LogP contribution in [0.2, 0.25) is 0 Å². The van der Waals surface area contributed by atoms with Gasteiger partial charge >= 0.3 is 0 Å². The Kier molecular flexibility index (Phi) is 5.56. The number of unbranched alkanes of at least 4 members (excludes halogenated alkanes) is 1. The Morgan fingerprint density at radius 1 is 1.25 bits per heavy atom. The van der Waals surface area contributed by atoms with E-state index in [0.717, 1.165) is 18.7 Å². The summed E-state index contributed by atoms with van der Waals surface area (Å²) in [6, 6.07) is 8.45. The molecule has 1 aliphatic heterocycles. The zero-order chi connectivity index (χ0) is 14.4. The highest BCUT2D eigenvalue weighted by atomic mass is 16.2. The molecule has 0 spiro atoms. The second-order valence-electron chi connectivity index (χ2n) is 5.56. The van der Waals surface area contributed by atoms with Crippen molar-refractivity contribution in [3.63, 3.8) is 0 Å². The molecule has 0 saturated carbocycles. The molecule has 4 heteroatoms. The van der Waals surface area contributed by atoms with Crippen molar-refractivity contribution in [3.8, 4) is 0 Å². The Bertz CT molecular complexity index is 422. The van der Waals surface area contributed by atoms with Gasteiger partial charge in [-0.2, -0.15) is 0 Å². The van der Waals surface area contributed by atoms with E-state index in [-0.39, 0.29) is 11.9 Å². The van der Waals surface area contributed by atoms with Crippen molar-refractivity contribution in [2.75, 3.05) is 18.4 Å². The Morgan fingerprint density at radius 2 is 2.00 bits per heavy atom. The van der Waals surface area contributed by atoms with Crippen LogP contribution >= 0.6 is 0 Å². The van der Waals surface area contributed by atoms with Crippen molar-refractivity contribution in [1.29, 1.82) is 0 Å². The predicted octanol–water partition coefficient (Wildman–Crippen LogP) is 1.92. The third-order valence-corrected chi connectivity index (χ3v) is 3.70. The summed E-state index contributed by atoms with van der Waals surface area (Å²) in [6.07, 6.45) is 3.52. The minimum absolute atomic E-state index is 0.0331. The van der Waals surface area contributed by atoms with Gasteiger partial charge in [-0.05, 0) is 37.5 Å². The van der Waals surface area contributed by atoms with Gasteiger partial charge in [0.25, 0.3) is 0 Å². The molecule has 3 N–H and O–H groups in total. The Labute approximate surface area is 121 Å². The lowest BCUT2D eigenvalue weighted by Gasteiger charge is -2.28. The maximum absolute atomic E-state index is 12.1. The van der Waals surface area contributed by atoms with Crippen LogP contribution in [0.1, 0.15) is 32.3 Å². The van der Waals surface area contributed by atoms with E-state index in [9.17, 15) is 4.79 Å². The molecule has 0 radical (unpaired) electrons. The van der Waals surface area contributed by atoms with Gasteiger partial charge in [0, 0.05) is 24.8 Å². The predicted molar refractivity (Wildman–Crippen MR) is 82.9 cm³/mol. The van der Waals surface area contributed by atoms with Crippen molar-refractivity contribution in [1.82, 2.24) is 10.6 Å². The number of carbonyl (C=O) groups is 1. The van der Waals surface area contributed by atoms with Gasteiger partial charge in [0.05, 0.1) is 6.04 Å². The zero-order valence-electron chi connectivity index (χ0n) is 12.4. The standard InChI is InChI=1S/C16H25N3O/c1-3-4-5-13-6-8-14(9-7-13)19-16(20)15-11-17-12(2)10-18-15/h6-9,12,15,17-18H,3-5,10-11H2,1-2H3,(H,19,20). The maximum Gasteiger partial charge on any atom is 0.242 e. The number of benzene rings is 1. The lowest BCUT2D eigenvalue weighted by molar-refractivity contribution is -0.118. The highest BCUT2D eigenvalue weighted by Crippen LogP contribution is 2.12. The summed E-state index contributed by atoms with van der Waals surface area (Å²) >= 11 is 0. The number of hydrogen-bond acceptors (Lipinski definition) is 3. The molecule has 20 heavy (non-hydrogen) atoms. The Hall–Kier alpha value is -1.39. The average molecular weight is 275 g/mol. The number of anilines is 1. The maximum atomic E-state index is 12.1. The highest BCUT2D eigenvalue weighted by Gasteiger charge is 2.23. The van der Waals surface area contributed by atoms with Crippen LogP contribution in [0.25, 0.3) is 0 Å². The molecule has 2 atom stereocenters. The first kappa shape index (κ1) is 15.0. The van der Waals surface area contributed by atoms with Gasteiger partial charge in [0.15, 0.2) is 0 Å². The number of rotatable bonds is 5. The monoisotopic (exact) mass is 275 g/mol. The number of carbonyl (C=O) groups excluding carboxylic acids is 1. The molecule has 2 rings (SSSR count). The Balaban J connectivity index is 1.84. The van der Waals surface area contributed by atoms with Crippen LogP contribution in [0.15, 0.2) is 24.3 Å². The van der Waals surface area contributed by atoms with Crippen LogP contribution in [0.5, 0.6) is 0 Å². The minimum Gasteiger partial charge on any atom is -0.325 e. The number of piperazine rings is 1. The third-order valence-electron chi connectivity index (χ3n) is 3.70. The smallest absolute Gasteiger partial charge is 0.242 e. The molecule has 2 unspecified atom stereocenters. The molecule has 0 aliphatic carbocycles. The largest absolute Gasteiger partial charge is 0.325 e. The fraction of sp³-hybridized carbons (Fsp3) is 0.562. The van der Waals surface area contributed by atoms with Crippen molar-refractivity contribution in [2.45, 2.75) is 45.2 Å². The van der Waals surface area contributed by atoms with Crippen molar-refractivity contribution < 1.29 is 4.79 Å². The number of nitrogens with one attached hydrogen (secondary N) is 3. The molecule has 1 saturated heterocycles. The average Bonchev–Trinajstić information content (AvgIpc) is 2.47. The summed E-state index contributed by atoms with van der Waals surface area (Å²) in [6.45, 7) is 5.81. The van der Waals surface area contributed by atoms with Gasteiger partial charge in [-0.3, -0.25) is 4.79 Å². The third kappa shape index (κ3) is 4.32. The van der Waals surface area contributed by atoms with Crippen LogP contribution in [-0.4, -0.2) is 31.1 Å². The van der Waals surface area contributed by atoms with Crippen molar-refractivity contribution in [2.24, 2.45) is 0 Å². The molecule has 110 valence electrons. The fourth-order valence-corrected chi connectivity index (χ4v) is 2.33. The molecule has 1 heterocycles. The molecular weight excluding hydrogens is 250 g/mol. The van der Waals surface area contributed by atoms with E-state index in [1.807, 2.05) is 12.1 Å². The second kappa shape index (κ2) is 7.41. The zero-order valence-corrected chi connectivity index (χ0v) is 12.4. The number of hydrogen-bond donors (Lipinski definition) is 3. The fourth-order valence-electron chi connectivity index (χ4n) is 2.33. The number of amides is 1. The molecule has 1 fully saturated rings. The molecule has 1 aliphatic rings. The first-order valence-corrected chi connectivity index (χ1v) is 7.55. The van der Waals surface area contributed by atoms with E-state index < -0.39 is 0 Å².